The van der Waals surface area contributed by atoms with Crippen LogP contribution in [0.4, 0.5) is 0 Å². The SMILES string of the molecule is CC(O)Cc1cccc(OC2CCSCC2)c1. The lowest BCUT2D eigenvalue weighted by Crippen LogP contribution is -2.22. The van der Waals surface area contributed by atoms with Crippen LogP contribution in [0.2, 0.25) is 0 Å². The lowest BCUT2D eigenvalue weighted by atomic mass is 10.1. The molecule has 0 saturated carbocycles. The lowest BCUT2D eigenvalue weighted by Gasteiger charge is -2.23. The number of thioether (sulfide) groups is 1. The van der Waals surface area contributed by atoms with Crippen molar-refractivity contribution in [2.45, 2.75) is 38.4 Å². The van der Waals surface area contributed by atoms with Crippen molar-refractivity contribution >= 4 is 11.8 Å². The van der Waals surface area contributed by atoms with Crippen LogP contribution in [-0.2, 0) is 6.42 Å². The van der Waals surface area contributed by atoms with Gasteiger partial charge in [0.15, 0.2) is 0 Å². The Morgan fingerprint density at radius 2 is 2.18 bits per heavy atom. The van der Waals surface area contributed by atoms with Gasteiger partial charge < -0.3 is 9.84 Å². The molecule has 1 unspecified atom stereocenters. The Labute approximate surface area is 107 Å². The molecule has 0 bridgehead atoms. The zero-order chi connectivity index (χ0) is 12.1. The van der Waals surface area contributed by atoms with Crippen LogP contribution in [0.1, 0.15) is 25.3 Å². The van der Waals surface area contributed by atoms with Crippen LogP contribution >= 0.6 is 11.8 Å². The first-order valence-corrected chi connectivity index (χ1v) is 7.41. The molecule has 0 spiro atoms. The second-order valence-corrected chi connectivity index (χ2v) is 5.85. The fraction of sp³-hybridized carbons (Fsp3) is 0.571. The van der Waals surface area contributed by atoms with Gasteiger partial charge in [-0.25, -0.2) is 0 Å². The highest BCUT2D eigenvalue weighted by molar-refractivity contribution is 7.99. The molecule has 1 N–H and O–H groups in total. The molecule has 0 radical (unpaired) electrons. The summed E-state index contributed by atoms with van der Waals surface area (Å²) in [7, 11) is 0. The highest BCUT2D eigenvalue weighted by Gasteiger charge is 2.15. The van der Waals surface area contributed by atoms with Crippen LogP contribution in [0.3, 0.4) is 0 Å². The largest absolute Gasteiger partial charge is 0.490 e. The fourth-order valence-electron chi connectivity index (χ4n) is 2.07. The molecular weight excluding hydrogens is 232 g/mol. The van der Waals surface area contributed by atoms with E-state index in [4.69, 9.17) is 4.74 Å². The number of hydrogen-bond donors (Lipinski definition) is 1. The van der Waals surface area contributed by atoms with Crippen molar-refractivity contribution < 1.29 is 9.84 Å². The Bertz CT molecular complexity index is 346. The average molecular weight is 252 g/mol. The van der Waals surface area contributed by atoms with Gasteiger partial charge in [0.05, 0.1) is 6.10 Å². The summed E-state index contributed by atoms with van der Waals surface area (Å²) in [5.41, 5.74) is 1.14. The van der Waals surface area contributed by atoms with Gasteiger partial charge >= 0.3 is 0 Å². The van der Waals surface area contributed by atoms with Crippen molar-refractivity contribution in [1.29, 1.82) is 0 Å². The van der Waals surface area contributed by atoms with Gasteiger partial charge in [0.2, 0.25) is 0 Å². The van der Waals surface area contributed by atoms with E-state index in [2.05, 4.69) is 6.07 Å². The summed E-state index contributed by atoms with van der Waals surface area (Å²) >= 11 is 2.01. The van der Waals surface area contributed by atoms with E-state index < -0.39 is 0 Å². The molecule has 1 aliphatic rings. The molecule has 3 heteroatoms. The van der Waals surface area contributed by atoms with Gasteiger partial charge in [-0.1, -0.05) is 12.1 Å². The number of hydrogen-bond acceptors (Lipinski definition) is 3. The molecule has 94 valence electrons. The first-order chi connectivity index (χ1) is 8.24. The minimum atomic E-state index is -0.295. The number of ether oxygens (including phenoxy) is 1. The lowest BCUT2D eigenvalue weighted by molar-refractivity contribution is 0.189. The molecule has 1 heterocycles. The standard InChI is InChI=1S/C14H20O2S/c1-11(15)9-12-3-2-4-14(10-12)16-13-5-7-17-8-6-13/h2-4,10-11,13,15H,5-9H2,1H3. The van der Waals surface area contributed by atoms with Crippen molar-refractivity contribution in [3.8, 4) is 5.75 Å². The first-order valence-electron chi connectivity index (χ1n) is 6.25. The Kier molecular flexibility index (Phi) is 4.75. The Hall–Kier alpha value is -0.670. The monoisotopic (exact) mass is 252 g/mol. The van der Waals surface area contributed by atoms with E-state index >= 15 is 0 Å². The topological polar surface area (TPSA) is 29.5 Å². The van der Waals surface area contributed by atoms with Gasteiger partial charge in [-0.2, -0.15) is 11.8 Å². The van der Waals surface area contributed by atoms with Crippen LogP contribution in [0.15, 0.2) is 24.3 Å². The van der Waals surface area contributed by atoms with Crippen molar-refractivity contribution in [1.82, 2.24) is 0 Å². The summed E-state index contributed by atoms with van der Waals surface area (Å²) in [6, 6.07) is 8.10. The van der Waals surface area contributed by atoms with Crippen molar-refractivity contribution in [2.24, 2.45) is 0 Å². The fourth-order valence-corrected chi connectivity index (χ4v) is 3.14. The van der Waals surface area contributed by atoms with E-state index in [0.717, 1.165) is 24.2 Å². The van der Waals surface area contributed by atoms with Crippen molar-refractivity contribution in [3.05, 3.63) is 29.8 Å². The number of rotatable bonds is 4. The second-order valence-electron chi connectivity index (χ2n) is 4.63. The Morgan fingerprint density at radius 3 is 2.88 bits per heavy atom. The second kappa shape index (κ2) is 6.31. The average Bonchev–Trinajstić information content (AvgIpc) is 2.30. The van der Waals surface area contributed by atoms with E-state index in [1.165, 1.54) is 11.5 Å². The molecular formula is C14H20O2S. The molecule has 1 fully saturated rings. The van der Waals surface area contributed by atoms with Crippen LogP contribution in [-0.4, -0.2) is 28.8 Å². The molecule has 2 nitrogen and oxygen atoms in total. The molecule has 1 aromatic carbocycles. The predicted octanol–water partition coefficient (Wildman–Crippen LogP) is 2.88. The van der Waals surface area contributed by atoms with Gasteiger partial charge in [0, 0.05) is 0 Å². The van der Waals surface area contributed by atoms with Crippen LogP contribution < -0.4 is 4.74 Å². The summed E-state index contributed by atoms with van der Waals surface area (Å²) < 4.78 is 5.98. The van der Waals surface area contributed by atoms with Gasteiger partial charge in [0.25, 0.3) is 0 Å². The first kappa shape index (κ1) is 12.8. The molecule has 1 aromatic rings. The van der Waals surface area contributed by atoms with Crippen LogP contribution in [0.25, 0.3) is 0 Å². The van der Waals surface area contributed by atoms with E-state index in [-0.39, 0.29) is 6.10 Å². The third-order valence-electron chi connectivity index (χ3n) is 2.90. The quantitative estimate of drug-likeness (QED) is 0.893. The smallest absolute Gasteiger partial charge is 0.119 e. The summed E-state index contributed by atoms with van der Waals surface area (Å²) in [5, 5.41) is 9.37. The van der Waals surface area contributed by atoms with Gasteiger partial charge in [-0.15, -0.1) is 0 Å². The molecule has 2 rings (SSSR count). The summed E-state index contributed by atoms with van der Waals surface area (Å²) in [6.45, 7) is 1.81. The molecule has 0 aromatic heterocycles. The Morgan fingerprint density at radius 1 is 1.41 bits per heavy atom. The van der Waals surface area contributed by atoms with Crippen LogP contribution in [0.5, 0.6) is 5.75 Å². The highest BCUT2D eigenvalue weighted by atomic mass is 32.2. The number of aliphatic hydroxyl groups excluding tert-OH is 1. The van der Waals surface area contributed by atoms with Gasteiger partial charge in [-0.3, -0.25) is 0 Å². The normalized spacial score (nSPS) is 18.9. The van der Waals surface area contributed by atoms with Crippen molar-refractivity contribution in [2.75, 3.05) is 11.5 Å². The number of benzene rings is 1. The molecule has 1 aliphatic heterocycles. The number of aliphatic hydroxyl groups is 1. The zero-order valence-electron chi connectivity index (χ0n) is 10.3. The van der Waals surface area contributed by atoms with Crippen LogP contribution in [0, 0.1) is 0 Å². The van der Waals surface area contributed by atoms with Crippen molar-refractivity contribution in [3.63, 3.8) is 0 Å². The van der Waals surface area contributed by atoms with E-state index in [9.17, 15) is 5.11 Å². The third kappa shape index (κ3) is 4.25. The summed E-state index contributed by atoms with van der Waals surface area (Å²) in [5.74, 6) is 3.36. The van der Waals surface area contributed by atoms with Gasteiger partial charge in [-0.05, 0) is 55.4 Å². The minimum absolute atomic E-state index is 0.295. The predicted molar refractivity (Wildman–Crippen MR) is 72.8 cm³/mol. The molecule has 1 saturated heterocycles. The maximum absolute atomic E-state index is 9.37. The van der Waals surface area contributed by atoms with Gasteiger partial charge in [0.1, 0.15) is 11.9 Å². The molecule has 0 aliphatic carbocycles. The molecule has 0 amide bonds. The van der Waals surface area contributed by atoms with E-state index in [1.54, 1.807) is 0 Å². The summed E-state index contributed by atoms with van der Waals surface area (Å²) in [4.78, 5) is 0. The molecule has 17 heavy (non-hydrogen) atoms. The van der Waals surface area contributed by atoms with E-state index in [0.29, 0.717) is 12.5 Å². The maximum Gasteiger partial charge on any atom is 0.119 e. The maximum atomic E-state index is 9.37. The highest BCUT2D eigenvalue weighted by Crippen LogP contribution is 2.23. The third-order valence-corrected chi connectivity index (χ3v) is 3.95. The molecule has 1 atom stereocenters. The zero-order valence-corrected chi connectivity index (χ0v) is 11.1. The minimum Gasteiger partial charge on any atom is -0.490 e. The summed E-state index contributed by atoms with van der Waals surface area (Å²) in [6.07, 6.45) is 3.06. The van der Waals surface area contributed by atoms with E-state index in [1.807, 2.05) is 36.9 Å². The Balaban J connectivity index is 1.95.